The molecule has 2 aliphatic rings. The maximum absolute atomic E-state index is 12.7. The first-order valence-electron chi connectivity index (χ1n) is 7.72. The summed E-state index contributed by atoms with van der Waals surface area (Å²) in [4.78, 5) is 12.7. The van der Waals surface area contributed by atoms with Gasteiger partial charge in [-0.1, -0.05) is 31.4 Å². The van der Waals surface area contributed by atoms with Crippen molar-refractivity contribution in [1.82, 2.24) is 0 Å². The highest BCUT2D eigenvalue weighted by Gasteiger charge is 2.34. The third kappa shape index (κ3) is 2.47. The van der Waals surface area contributed by atoms with Crippen LogP contribution in [-0.4, -0.2) is 18.9 Å². The minimum atomic E-state index is 0.0245. The number of carbonyl (C=O) groups excluding carboxylic acids is 1. The molecule has 108 valence electrons. The van der Waals surface area contributed by atoms with E-state index in [2.05, 4.69) is 6.07 Å². The third-order valence-electron chi connectivity index (χ3n) is 4.90. The lowest BCUT2D eigenvalue weighted by molar-refractivity contribution is 0.0865. The molecule has 1 saturated carbocycles. The minimum Gasteiger partial charge on any atom is -0.492 e. The zero-order valence-corrected chi connectivity index (χ0v) is 12.0. The number of Topliss-reactive ketones (excluding diaryl/α,β-unsaturated/α-hetero) is 1. The van der Waals surface area contributed by atoms with E-state index in [0.29, 0.717) is 19.6 Å². The average molecular weight is 273 g/mol. The lowest BCUT2D eigenvalue weighted by Gasteiger charge is -2.35. The van der Waals surface area contributed by atoms with Gasteiger partial charge in [0.05, 0.1) is 12.2 Å². The maximum Gasteiger partial charge on any atom is 0.167 e. The highest BCUT2D eigenvalue weighted by Crippen LogP contribution is 2.40. The van der Waals surface area contributed by atoms with Crippen molar-refractivity contribution in [3.05, 3.63) is 29.3 Å². The Hall–Kier alpha value is -1.35. The summed E-state index contributed by atoms with van der Waals surface area (Å²) in [5.41, 5.74) is 7.95. The number of ketones is 1. The van der Waals surface area contributed by atoms with Crippen molar-refractivity contribution in [2.24, 2.45) is 11.1 Å². The van der Waals surface area contributed by atoms with Crippen LogP contribution in [0.5, 0.6) is 5.75 Å². The molecule has 3 nitrogen and oxygen atoms in total. The van der Waals surface area contributed by atoms with Gasteiger partial charge < -0.3 is 10.5 Å². The summed E-state index contributed by atoms with van der Waals surface area (Å²) in [6.45, 7) is 1.32. The van der Waals surface area contributed by atoms with Crippen molar-refractivity contribution >= 4 is 5.78 Å². The summed E-state index contributed by atoms with van der Waals surface area (Å²) in [6.07, 6.45) is 7.35. The Morgan fingerprint density at radius 3 is 2.80 bits per heavy atom. The number of ether oxygens (including phenoxy) is 1. The summed E-state index contributed by atoms with van der Waals surface area (Å²) in [5, 5.41) is 0. The van der Waals surface area contributed by atoms with E-state index in [-0.39, 0.29) is 11.2 Å². The van der Waals surface area contributed by atoms with Crippen molar-refractivity contribution in [3.8, 4) is 5.75 Å². The fourth-order valence-corrected chi connectivity index (χ4v) is 3.63. The number of rotatable bonds is 4. The lowest BCUT2D eigenvalue weighted by Crippen LogP contribution is -2.35. The SMILES string of the molecule is NCC1(CC(=O)c2cccc3c2OCC3)CCCCC1. The van der Waals surface area contributed by atoms with Crippen LogP contribution in [0.2, 0.25) is 0 Å². The molecule has 0 amide bonds. The first-order valence-corrected chi connectivity index (χ1v) is 7.72. The molecule has 3 heteroatoms. The Balaban J connectivity index is 1.81. The standard InChI is InChI=1S/C17H23NO2/c18-12-17(8-2-1-3-9-17)11-15(19)14-6-4-5-13-7-10-20-16(13)14/h4-6H,1-3,7-12,18H2. The zero-order chi connectivity index (χ0) is 14.0. The van der Waals surface area contributed by atoms with Gasteiger partial charge >= 0.3 is 0 Å². The zero-order valence-electron chi connectivity index (χ0n) is 12.0. The largest absolute Gasteiger partial charge is 0.492 e. The number of benzene rings is 1. The van der Waals surface area contributed by atoms with E-state index in [1.807, 2.05) is 12.1 Å². The van der Waals surface area contributed by atoms with Gasteiger partial charge in [-0.25, -0.2) is 0 Å². The molecule has 1 aromatic carbocycles. The van der Waals surface area contributed by atoms with E-state index in [1.165, 1.54) is 24.8 Å². The highest BCUT2D eigenvalue weighted by molar-refractivity contribution is 5.99. The molecular formula is C17H23NO2. The van der Waals surface area contributed by atoms with Gasteiger partial charge in [0.2, 0.25) is 0 Å². The van der Waals surface area contributed by atoms with Crippen molar-refractivity contribution in [2.75, 3.05) is 13.2 Å². The molecule has 3 rings (SSSR count). The van der Waals surface area contributed by atoms with Crippen LogP contribution in [-0.2, 0) is 6.42 Å². The summed E-state index contributed by atoms with van der Waals surface area (Å²) >= 11 is 0. The molecule has 1 aliphatic heterocycles. The maximum atomic E-state index is 12.7. The topological polar surface area (TPSA) is 52.3 Å². The van der Waals surface area contributed by atoms with Gasteiger partial charge in [-0.15, -0.1) is 0 Å². The smallest absolute Gasteiger partial charge is 0.167 e. The van der Waals surface area contributed by atoms with E-state index >= 15 is 0 Å². The van der Waals surface area contributed by atoms with Crippen LogP contribution in [0.4, 0.5) is 0 Å². The van der Waals surface area contributed by atoms with Gasteiger partial charge in [-0.2, -0.15) is 0 Å². The summed E-state index contributed by atoms with van der Waals surface area (Å²) in [7, 11) is 0. The molecule has 1 aromatic rings. The Morgan fingerprint density at radius 2 is 2.05 bits per heavy atom. The second-order valence-corrected chi connectivity index (χ2v) is 6.26. The molecule has 0 aromatic heterocycles. The predicted octanol–water partition coefficient (Wildman–Crippen LogP) is 3.10. The summed E-state index contributed by atoms with van der Waals surface area (Å²) in [5.74, 6) is 1.02. The van der Waals surface area contributed by atoms with Gasteiger partial charge in [0, 0.05) is 12.8 Å². The Kier molecular flexibility index (Phi) is 3.79. The number of carbonyl (C=O) groups is 1. The molecule has 0 saturated heterocycles. The number of hydrogen-bond acceptors (Lipinski definition) is 3. The Morgan fingerprint density at radius 1 is 1.25 bits per heavy atom. The molecule has 0 atom stereocenters. The predicted molar refractivity (Wildman–Crippen MR) is 79.2 cm³/mol. The van der Waals surface area contributed by atoms with Crippen molar-refractivity contribution in [2.45, 2.75) is 44.9 Å². The normalized spacial score (nSPS) is 20.2. The second kappa shape index (κ2) is 5.57. The van der Waals surface area contributed by atoms with Crippen LogP contribution in [0, 0.1) is 5.41 Å². The molecule has 0 bridgehead atoms. The molecule has 2 N–H and O–H groups in total. The minimum absolute atomic E-state index is 0.0245. The quantitative estimate of drug-likeness (QED) is 0.858. The van der Waals surface area contributed by atoms with Crippen LogP contribution in [0.15, 0.2) is 18.2 Å². The van der Waals surface area contributed by atoms with Gasteiger partial charge in [-0.3, -0.25) is 4.79 Å². The van der Waals surface area contributed by atoms with Crippen LogP contribution in [0.1, 0.15) is 54.4 Å². The first kappa shape index (κ1) is 13.6. The average Bonchev–Trinajstić information content (AvgIpc) is 2.96. The monoisotopic (exact) mass is 273 g/mol. The molecule has 20 heavy (non-hydrogen) atoms. The van der Waals surface area contributed by atoms with Gasteiger partial charge in [0.1, 0.15) is 5.75 Å². The number of para-hydroxylation sites is 1. The molecular weight excluding hydrogens is 250 g/mol. The number of nitrogens with two attached hydrogens (primary N) is 1. The van der Waals surface area contributed by atoms with Crippen molar-refractivity contribution in [3.63, 3.8) is 0 Å². The van der Waals surface area contributed by atoms with Gasteiger partial charge in [0.15, 0.2) is 5.78 Å². The second-order valence-electron chi connectivity index (χ2n) is 6.26. The van der Waals surface area contributed by atoms with E-state index in [9.17, 15) is 4.79 Å². The van der Waals surface area contributed by atoms with Crippen LogP contribution in [0.3, 0.4) is 0 Å². The van der Waals surface area contributed by atoms with E-state index in [1.54, 1.807) is 0 Å². The molecule has 0 unspecified atom stereocenters. The van der Waals surface area contributed by atoms with Gasteiger partial charge in [0.25, 0.3) is 0 Å². The van der Waals surface area contributed by atoms with E-state index in [0.717, 1.165) is 30.6 Å². The fraction of sp³-hybridized carbons (Fsp3) is 0.588. The fourth-order valence-electron chi connectivity index (χ4n) is 3.63. The molecule has 0 spiro atoms. The lowest BCUT2D eigenvalue weighted by atomic mass is 9.70. The first-order chi connectivity index (χ1) is 9.74. The summed E-state index contributed by atoms with van der Waals surface area (Å²) < 4.78 is 5.65. The Labute approximate surface area is 120 Å². The third-order valence-corrected chi connectivity index (χ3v) is 4.90. The van der Waals surface area contributed by atoms with E-state index < -0.39 is 0 Å². The molecule has 1 fully saturated rings. The van der Waals surface area contributed by atoms with Crippen molar-refractivity contribution in [1.29, 1.82) is 0 Å². The number of hydrogen-bond donors (Lipinski definition) is 1. The highest BCUT2D eigenvalue weighted by atomic mass is 16.5. The van der Waals surface area contributed by atoms with E-state index in [4.69, 9.17) is 10.5 Å². The van der Waals surface area contributed by atoms with Crippen molar-refractivity contribution < 1.29 is 9.53 Å². The molecule has 1 heterocycles. The van der Waals surface area contributed by atoms with Crippen LogP contribution >= 0.6 is 0 Å². The van der Waals surface area contributed by atoms with Crippen LogP contribution < -0.4 is 10.5 Å². The van der Waals surface area contributed by atoms with Crippen LogP contribution in [0.25, 0.3) is 0 Å². The summed E-state index contributed by atoms with van der Waals surface area (Å²) in [6, 6.07) is 5.93. The Bertz CT molecular complexity index is 504. The molecule has 1 aliphatic carbocycles. The van der Waals surface area contributed by atoms with Gasteiger partial charge in [-0.05, 0) is 36.4 Å². The number of fused-ring (bicyclic) bond motifs is 1. The molecule has 0 radical (unpaired) electrons.